The highest BCUT2D eigenvalue weighted by Gasteiger charge is 1.96. The molecular weight excluding hydrogens is 480 g/mol. The molecule has 1 aromatic rings. The lowest BCUT2D eigenvalue weighted by Crippen LogP contribution is -2.15. The average Bonchev–Trinajstić information content (AvgIpc) is 2.93. The summed E-state index contributed by atoms with van der Waals surface area (Å²) in [7, 11) is 0. The molecular formula is C28H50O9. The Balaban J connectivity index is 1.62. The SMILES string of the molecule is CCCCCCOCCOCCOCCOCCOCCOCCOCCOCCOc1ccccc1. The van der Waals surface area contributed by atoms with Crippen molar-refractivity contribution >= 4 is 0 Å². The summed E-state index contributed by atoms with van der Waals surface area (Å²) in [5.74, 6) is 0.850. The minimum absolute atomic E-state index is 0.525. The van der Waals surface area contributed by atoms with Crippen LogP contribution in [0.3, 0.4) is 0 Å². The topological polar surface area (TPSA) is 83.1 Å². The van der Waals surface area contributed by atoms with Gasteiger partial charge in [0.1, 0.15) is 12.4 Å². The van der Waals surface area contributed by atoms with Gasteiger partial charge in [0, 0.05) is 6.61 Å². The van der Waals surface area contributed by atoms with E-state index in [4.69, 9.17) is 42.6 Å². The Hall–Kier alpha value is -1.30. The first kappa shape index (κ1) is 33.7. The molecule has 1 aromatic carbocycles. The van der Waals surface area contributed by atoms with Crippen molar-refractivity contribution in [3.8, 4) is 5.75 Å². The van der Waals surface area contributed by atoms with Gasteiger partial charge in [0.2, 0.25) is 0 Å². The van der Waals surface area contributed by atoms with Crippen LogP contribution >= 0.6 is 0 Å². The van der Waals surface area contributed by atoms with Gasteiger partial charge in [0.15, 0.2) is 0 Å². The smallest absolute Gasteiger partial charge is 0.119 e. The van der Waals surface area contributed by atoms with Crippen LogP contribution in [0.1, 0.15) is 32.6 Å². The van der Waals surface area contributed by atoms with Gasteiger partial charge in [-0.05, 0) is 18.6 Å². The lowest BCUT2D eigenvalue weighted by molar-refractivity contribution is -0.0236. The van der Waals surface area contributed by atoms with Crippen molar-refractivity contribution in [2.45, 2.75) is 32.6 Å². The summed E-state index contributed by atoms with van der Waals surface area (Å²) in [6.07, 6.45) is 4.91. The highest BCUT2D eigenvalue weighted by atomic mass is 16.6. The summed E-state index contributed by atoms with van der Waals surface area (Å²) in [5.41, 5.74) is 0. The Morgan fingerprint density at radius 2 is 0.730 bits per heavy atom. The molecule has 0 atom stereocenters. The highest BCUT2D eigenvalue weighted by molar-refractivity contribution is 5.20. The first-order valence-electron chi connectivity index (χ1n) is 13.7. The normalized spacial score (nSPS) is 11.3. The minimum Gasteiger partial charge on any atom is -0.491 e. The number of hydrogen-bond donors (Lipinski definition) is 0. The number of benzene rings is 1. The summed E-state index contributed by atoms with van der Waals surface area (Å²) < 4.78 is 49.4. The van der Waals surface area contributed by atoms with Gasteiger partial charge in [0.05, 0.1) is 99.1 Å². The van der Waals surface area contributed by atoms with Crippen molar-refractivity contribution in [1.82, 2.24) is 0 Å². The lowest BCUT2D eigenvalue weighted by atomic mass is 10.2. The van der Waals surface area contributed by atoms with Gasteiger partial charge in [-0.25, -0.2) is 0 Å². The van der Waals surface area contributed by atoms with Crippen LogP contribution < -0.4 is 4.74 Å². The third-order valence-electron chi connectivity index (χ3n) is 4.99. The molecule has 0 saturated carbocycles. The standard InChI is InChI=1S/C28H50O9/c1-2-3-4-8-11-29-12-13-30-14-15-31-16-17-32-18-19-33-20-21-34-22-23-35-24-25-36-26-27-37-28-9-6-5-7-10-28/h5-7,9-10H,2-4,8,11-27H2,1H3. The Morgan fingerprint density at radius 1 is 0.378 bits per heavy atom. The molecule has 0 aliphatic carbocycles. The van der Waals surface area contributed by atoms with Gasteiger partial charge in [-0.2, -0.15) is 0 Å². The van der Waals surface area contributed by atoms with Crippen LogP contribution in [0.5, 0.6) is 5.75 Å². The zero-order valence-corrected chi connectivity index (χ0v) is 22.9. The lowest BCUT2D eigenvalue weighted by Gasteiger charge is -2.09. The molecule has 0 aromatic heterocycles. The van der Waals surface area contributed by atoms with E-state index >= 15 is 0 Å². The Kier molecular flexibility index (Phi) is 26.7. The van der Waals surface area contributed by atoms with E-state index in [1.165, 1.54) is 19.3 Å². The third-order valence-corrected chi connectivity index (χ3v) is 4.99. The van der Waals surface area contributed by atoms with Crippen molar-refractivity contribution in [3.05, 3.63) is 30.3 Å². The monoisotopic (exact) mass is 530 g/mol. The van der Waals surface area contributed by atoms with Crippen LogP contribution in [-0.4, -0.2) is 112 Å². The number of rotatable bonds is 30. The van der Waals surface area contributed by atoms with Gasteiger partial charge < -0.3 is 42.6 Å². The fraction of sp³-hybridized carbons (Fsp3) is 0.786. The molecule has 0 spiro atoms. The van der Waals surface area contributed by atoms with E-state index in [0.29, 0.717) is 106 Å². The van der Waals surface area contributed by atoms with Crippen LogP contribution in [0.4, 0.5) is 0 Å². The second kappa shape index (κ2) is 29.3. The Bertz CT molecular complexity index is 548. The van der Waals surface area contributed by atoms with E-state index in [0.717, 1.165) is 18.8 Å². The van der Waals surface area contributed by atoms with Gasteiger partial charge in [-0.15, -0.1) is 0 Å². The van der Waals surface area contributed by atoms with Crippen LogP contribution in [0.25, 0.3) is 0 Å². The molecule has 0 aliphatic heterocycles. The average molecular weight is 531 g/mol. The van der Waals surface area contributed by atoms with Crippen LogP contribution in [0.2, 0.25) is 0 Å². The fourth-order valence-electron chi connectivity index (χ4n) is 3.01. The molecule has 0 heterocycles. The summed E-state index contributed by atoms with van der Waals surface area (Å²) in [6.45, 7) is 11.9. The van der Waals surface area contributed by atoms with Gasteiger partial charge >= 0.3 is 0 Å². The molecule has 9 nitrogen and oxygen atoms in total. The third kappa shape index (κ3) is 26.1. The molecule has 1 rings (SSSR count). The van der Waals surface area contributed by atoms with Crippen molar-refractivity contribution in [3.63, 3.8) is 0 Å². The van der Waals surface area contributed by atoms with E-state index in [-0.39, 0.29) is 0 Å². The molecule has 0 fully saturated rings. The van der Waals surface area contributed by atoms with Crippen LogP contribution in [-0.2, 0) is 37.9 Å². The van der Waals surface area contributed by atoms with E-state index in [1.807, 2.05) is 30.3 Å². The quantitative estimate of drug-likeness (QED) is 0.138. The summed E-state index contributed by atoms with van der Waals surface area (Å²) in [5, 5.41) is 0. The summed E-state index contributed by atoms with van der Waals surface area (Å²) in [6, 6.07) is 9.69. The van der Waals surface area contributed by atoms with E-state index in [2.05, 4.69) is 6.92 Å². The zero-order valence-electron chi connectivity index (χ0n) is 22.9. The summed E-state index contributed by atoms with van der Waals surface area (Å²) in [4.78, 5) is 0. The van der Waals surface area contributed by atoms with E-state index in [9.17, 15) is 0 Å². The van der Waals surface area contributed by atoms with Crippen LogP contribution in [0, 0.1) is 0 Å². The van der Waals surface area contributed by atoms with Crippen molar-refractivity contribution in [2.75, 3.05) is 112 Å². The number of hydrogen-bond acceptors (Lipinski definition) is 9. The molecule has 9 heteroatoms. The predicted molar refractivity (Wildman–Crippen MR) is 143 cm³/mol. The molecule has 0 unspecified atom stereocenters. The van der Waals surface area contributed by atoms with Crippen molar-refractivity contribution in [1.29, 1.82) is 0 Å². The maximum absolute atomic E-state index is 5.55. The first-order chi connectivity index (χ1) is 18.4. The maximum atomic E-state index is 5.55. The van der Waals surface area contributed by atoms with Crippen LogP contribution in [0.15, 0.2) is 30.3 Å². The van der Waals surface area contributed by atoms with E-state index in [1.54, 1.807) is 0 Å². The minimum atomic E-state index is 0.525. The molecule has 0 bridgehead atoms. The number of ether oxygens (including phenoxy) is 9. The Labute approximate surface area is 223 Å². The fourth-order valence-corrected chi connectivity index (χ4v) is 3.01. The molecule has 0 radical (unpaired) electrons. The number of para-hydroxylation sites is 1. The van der Waals surface area contributed by atoms with Crippen molar-refractivity contribution in [2.24, 2.45) is 0 Å². The molecule has 0 amide bonds. The van der Waals surface area contributed by atoms with E-state index < -0.39 is 0 Å². The Morgan fingerprint density at radius 3 is 1.11 bits per heavy atom. The molecule has 0 N–H and O–H groups in total. The zero-order chi connectivity index (χ0) is 26.3. The summed E-state index contributed by atoms with van der Waals surface area (Å²) >= 11 is 0. The second-order valence-corrected chi connectivity index (χ2v) is 8.12. The maximum Gasteiger partial charge on any atom is 0.119 e. The van der Waals surface area contributed by atoms with Gasteiger partial charge in [-0.3, -0.25) is 0 Å². The predicted octanol–water partition coefficient (Wildman–Crippen LogP) is 3.78. The van der Waals surface area contributed by atoms with Gasteiger partial charge in [0.25, 0.3) is 0 Å². The highest BCUT2D eigenvalue weighted by Crippen LogP contribution is 2.07. The molecule has 0 aliphatic rings. The van der Waals surface area contributed by atoms with Gasteiger partial charge in [-0.1, -0.05) is 44.4 Å². The molecule has 37 heavy (non-hydrogen) atoms. The van der Waals surface area contributed by atoms with Crippen molar-refractivity contribution < 1.29 is 42.6 Å². The largest absolute Gasteiger partial charge is 0.491 e. The second-order valence-electron chi connectivity index (χ2n) is 8.12. The number of unbranched alkanes of at least 4 members (excludes halogenated alkanes) is 3. The first-order valence-corrected chi connectivity index (χ1v) is 13.7. The molecule has 216 valence electrons. The molecule has 0 saturated heterocycles.